The van der Waals surface area contributed by atoms with Gasteiger partial charge in [-0.15, -0.1) is 0 Å². The SMILES string of the molecule is COc1ccc(C2c3c(oc4ccc(F)cc4c3=O)C(=O)N2CCCn2ccnc2)cc1. The second-order valence-corrected chi connectivity index (χ2v) is 7.64. The Morgan fingerprint density at radius 1 is 1.12 bits per heavy atom. The highest BCUT2D eigenvalue weighted by atomic mass is 19.1. The Morgan fingerprint density at radius 3 is 2.66 bits per heavy atom. The molecule has 0 saturated heterocycles. The van der Waals surface area contributed by atoms with Crippen LogP contribution in [0.3, 0.4) is 0 Å². The first kappa shape index (κ1) is 20.0. The van der Waals surface area contributed by atoms with Crippen molar-refractivity contribution in [1.82, 2.24) is 14.5 Å². The third-order valence-electron chi connectivity index (χ3n) is 5.73. The zero-order valence-electron chi connectivity index (χ0n) is 17.3. The number of aromatic nitrogens is 2. The molecule has 2 aromatic heterocycles. The first-order valence-corrected chi connectivity index (χ1v) is 10.2. The van der Waals surface area contributed by atoms with Gasteiger partial charge in [0.05, 0.1) is 30.4 Å². The van der Waals surface area contributed by atoms with Gasteiger partial charge >= 0.3 is 0 Å². The Bertz CT molecular complexity index is 1350. The number of hydrogen-bond donors (Lipinski definition) is 0. The third-order valence-corrected chi connectivity index (χ3v) is 5.73. The lowest BCUT2D eigenvalue weighted by molar-refractivity contribution is 0.0723. The number of carbonyl (C=O) groups is 1. The van der Waals surface area contributed by atoms with Crippen LogP contribution in [0, 0.1) is 5.82 Å². The normalized spacial score (nSPS) is 15.4. The van der Waals surface area contributed by atoms with E-state index in [1.165, 1.54) is 12.1 Å². The molecule has 1 amide bonds. The number of benzene rings is 2. The van der Waals surface area contributed by atoms with E-state index in [4.69, 9.17) is 9.15 Å². The zero-order valence-corrected chi connectivity index (χ0v) is 17.3. The summed E-state index contributed by atoms with van der Waals surface area (Å²) in [7, 11) is 1.57. The van der Waals surface area contributed by atoms with Crippen LogP contribution >= 0.6 is 0 Å². The quantitative estimate of drug-likeness (QED) is 0.463. The molecule has 3 heterocycles. The number of halogens is 1. The lowest BCUT2D eigenvalue weighted by Gasteiger charge is -2.25. The molecule has 32 heavy (non-hydrogen) atoms. The van der Waals surface area contributed by atoms with Gasteiger partial charge in [0.15, 0.2) is 5.43 Å². The van der Waals surface area contributed by atoms with Gasteiger partial charge in [0.2, 0.25) is 5.76 Å². The summed E-state index contributed by atoms with van der Waals surface area (Å²) in [6, 6.07) is 10.3. The van der Waals surface area contributed by atoms with Gasteiger partial charge in [0.25, 0.3) is 5.91 Å². The summed E-state index contributed by atoms with van der Waals surface area (Å²) < 4.78 is 26.8. The van der Waals surface area contributed by atoms with Crippen LogP contribution in [0.5, 0.6) is 5.75 Å². The van der Waals surface area contributed by atoms with Crippen LogP contribution in [0.25, 0.3) is 11.0 Å². The van der Waals surface area contributed by atoms with E-state index >= 15 is 0 Å². The fourth-order valence-electron chi connectivity index (χ4n) is 4.20. The molecule has 0 spiro atoms. The second-order valence-electron chi connectivity index (χ2n) is 7.64. The van der Waals surface area contributed by atoms with Crippen molar-refractivity contribution in [2.24, 2.45) is 0 Å². The largest absolute Gasteiger partial charge is 0.497 e. The minimum absolute atomic E-state index is 0.0116. The number of carbonyl (C=O) groups excluding carboxylic acids is 1. The summed E-state index contributed by atoms with van der Waals surface area (Å²) in [6.07, 6.45) is 5.93. The van der Waals surface area contributed by atoms with Crippen molar-refractivity contribution < 1.29 is 18.3 Å². The topological polar surface area (TPSA) is 77.6 Å². The molecule has 162 valence electrons. The van der Waals surface area contributed by atoms with E-state index in [1.54, 1.807) is 36.7 Å². The van der Waals surface area contributed by atoms with Gasteiger partial charge in [-0.25, -0.2) is 9.37 Å². The molecule has 1 aliphatic heterocycles. The molecule has 1 aliphatic rings. The molecule has 7 nitrogen and oxygen atoms in total. The zero-order chi connectivity index (χ0) is 22.2. The van der Waals surface area contributed by atoms with Gasteiger partial charge in [0.1, 0.15) is 17.1 Å². The molecule has 8 heteroatoms. The number of ether oxygens (including phenoxy) is 1. The predicted molar refractivity (Wildman–Crippen MR) is 115 cm³/mol. The lowest BCUT2D eigenvalue weighted by atomic mass is 9.98. The summed E-state index contributed by atoms with van der Waals surface area (Å²) in [5, 5.41) is 0.121. The van der Waals surface area contributed by atoms with E-state index < -0.39 is 17.3 Å². The second kappa shape index (κ2) is 7.96. The molecular formula is C24H20FN3O4. The Labute approximate surface area is 182 Å². The van der Waals surface area contributed by atoms with E-state index in [1.807, 2.05) is 22.9 Å². The Balaban J connectivity index is 1.59. The lowest BCUT2D eigenvalue weighted by Crippen LogP contribution is -2.31. The maximum absolute atomic E-state index is 13.8. The fourth-order valence-corrected chi connectivity index (χ4v) is 4.20. The van der Waals surface area contributed by atoms with Crippen molar-refractivity contribution in [2.45, 2.75) is 19.0 Å². The number of fused-ring (bicyclic) bond motifs is 2. The monoisotopic (exact) mass is 433 g/mol. The molecule has 5 rings (SSSR count). The van der Waals surface area contributed by atoms with Crippen LogP contribution in [0.15, 0.2) is 70.4 Å². The molecule has 4 aromatic rings. The van der Waals surface area contributed by atoms with Crippen molar-refractivity contribution >= 4 is 16.9 Å². The van der Waals surface area contributed by atoms with Gasteiger partial charge in [-0.05, 0) is 42.3 Å². The highest BCUT2D eigenvalue weighted by molar-refractivity contribution is 5.99. The maximum atomic E-state index is 13.8. The molecule has 2 aromatic carbocycles. The third kappa shape index (κ3) is 3.33. The average molecular weight is 433 g/mol. The van der Waals surface area contributed by atoms with Crippen LogP contribution in [-0.2, 0) is 6.54 Å². The molecular weight excluding hydrogens is 413 g/mol. The van der Waals surface area contributed by atoms with E-state index in [0.29, 0.717) is 25.3 Å². The Kier molecular flexibility index (Phi) is 4.97. The smallest absolute Gasteiger partial charge is 0.290 e. The predicted octanol–water partition coefficient (Wildman–Crippen LogP) is 3.77. The van der Waals surface area contributed by atoms with Gasteiger partial charge in [0, 0.05) is 25.5 Å². The minimum Gasteiger partial charge on any atom is -0.497 e. The molecule has 0 N–H and O–H groups in total. The summed E-state index contributed by atoms with van der Waals surface area (Å²) in [5.74, 6) is -0.211. The average Bonchev–Trinajstić information content (AvgIpc) is 3.42. The van der Waals surface area contributed by atoms with E-state index in [9.17, 15) is 14.0 Å². The fraction of sp³-hybridized carbons (Fsp3) is 0.208. The van der Waals surface area contributed by atoms with Crippen molar-refractivity contribution in [2.75, 3.05) is 13.7 Å². The van der Waals surface area contributed by atoms with Crippen molar-refractivity contribution in [3.8, 4) is 5.75 Å². The van der Waals surface area contributed by atoms with Gasteiger partial charge < -0.3 is 18.6 Å². The number of imidazole rings is 1. The molecule has 1 atom stereocenters. The van der Waals surface area contributed by atoms with E-state index in [2.05, 4.69) is 4.98 Å². The molecule has 0 bridgehead atoms. The van der Waals surface area contributed by atoms with Crippen LogP contribution in [0.4, 0.5) is 4.39 Å². The van der Waals surface area contributed by atoms with Crippen LogP contribution < -0.4 is 10.2 Å². The summed E-state index contributed by atoms with van der Waals surface area (Å²) in [4.78, 5) is 32.4. The van der Waals surface area contributed by atoms with Crippen LogP contribution in [0.2, 0.25) is 0 Å². The number of rotatable bonds is 6. The van der Waals surface area contributed by atoms with Gasteiger partial charge in [-0.1, -0.05) is 12.1 Å². The number of methoxy groups -OCH3 is 1. The molecule has 0 fully saturated rings. The summed E-state index contributed by atoms with van der Waals surface area (Å²) in [5.41, 5.74) is 0.786. The molecule has 0 radical (unpaired) electrons. The first-order chi connectivity index (χ1) is 15.6. The number of amides is 1. The molecule has 1 unspecified atom stereocenters. The van der Waals surface area contributed by atoms with E-state index in [0.717, 1.165) is 11.6 Å². The van der Waals surface area contributed by atoms with Crippen LogP contribution in [-0.4, -0.2) is 34.0 Å². The standard InChI is InChI=1S/C24H20FN3O4/c1-31-17-6-3-15(4-7-17)21-20-22(29)18-13-16(25)5-8-19(18)32-23(20)24(30)28(21)11-2-10-27-12-9-26-14-27/h3-9,12-14,21H,2,10-11H2,1H3. The highest BCUT2D eigenvalue weighted by Crippen LogP contribution is 2.38. The molecule has 0 aliphatic carbocycles. The Morgan fingerprint density at radius 2 is 1.94 bits per heavy atom. The van der Waals surface area contributed by atoms with Crippen LogP contribution in [0.1, 0.15) is 34.1 Å². The van der Waals surface area contributed by atoms with Crippen molar-refractivity contribution in [3.63, 3.8) is 0 Å². The van der Waals surface area contributed by atoms with Gasteiger partial charge in [-0.3, -0.25) is 9.59 Å². The number of hydrogen-bond acceptors (Lipinski definition) is 5. The summed E-state index contributed by atoms with van der Waals surface area (Å²) >= 11 is 0. The number of aryl methyl sites for hydroxylation is 1. The maximum Gasteiger partial charge on any atom is 0.290 e. The number of nitrogens with zero attached hydrogens (tertiary/aromatic N) is 3. The minimum atomic E-state index is -0.630. The Hall–Kier alpha value is -3.94. The first-order valence-electron chi connectivity index (χ1n) is 10.2. The van der Waals surface area contributed by atoms with Gasteiger partial charge in [-0.2, -0.15) is 0 Å². The molecule has 0 saturated carbocycles. The van der Waals surface area contributed by atoms with Crippen molar-refractivity contribution in [3.05, 3.63) is 94.1 Å². The summed E-state index contributed by atoms with van der Waals surface area (Å²) in [6.45, 7) is 1.08. The highest BCUT2D eigenvalue weighted by Gasteiger charge is 2.42. The van der Waals surface area contributed by atoms with Crippen molar-refractivity contribution in [1.29, 1.82) is 0 Å². The van der Waals surface area contributed by atoms with E-state index in [-0.39, 0.29) is 28.2 Å².